The molecule has 1 amide bonds. The van der Waals surface area contributed by atoms with Gasteiger partial charge in [-0.2, -0.15) is 0 Å². The number of nitrogens with one attached hydrogen (secondary N) is 1. The highest BCUT2D eigenvalue weighted by molar-refractivity contribution is 5.87. The second kappa shape index (κ2) is 7.50. The molecule has 4 nitrogen and oxygen atoms in total. The van der Waals surface area contributed by atoms with Gasteiger partial charge in [-0.05, 0) is 88.1 Å². The summed E-state index contributed by atoms with van der Waals surface area (Å²) in [7, 11) is 0. The fourth-order valence-electron chi connectivity index (χ4n) is 6.53. The van der Waals surface area contributed by atoms with Crippen LogP contribution in [0.4, 0.5) is 0 Å². The zero-order chi connectivity index (χ0) is 18.4. The van der Waals surface area contributed by atoms with Gasteiger partial charge in [-0.3, -0.25) is 14.5 Å². The zero-order valence-electron chi connectivity index (χ0n) is 16.7. The van der Waals surface area contributed by atoms with E-state index < -0.39 is 0 Å². The van der Waals surface area contributed by atoms with E-state index in [9.17, 15) is 9.59 Å². The molecule has 0 radical (unpaired) electrons. The molecule has 0 aromatic carbocycles. The first-order chi connectivity index (χ1) is 13.2. The SMILES string of the molecule is O=C(CN1CCC(C2CC2)CC1)NC1C(C(=O)C2CC2)CC2CCCCC21. The smallest absolute Gasteiger partial charge is 0.234 e. The number of fused-ring (bicyclic) bond motifs is 1. The molecular weight excluding hydrogens is 336 g/mol. The van der Waals surface area contributed by atoms with Gasteiger partial charge in [0.05, 0.1) is 6.54 Å². The van der Waals surface area contributed by atoms with E-state index in [1.807, 2.05) is 0 Å². The molecular formula is C23H36N2O2. The number of carbonyl (C=O) groups excluding carboxylic acids is 2. The Morgan fingerprint density at radius 1 is 0.815 bits per heavy atom. The van der Waals surface area contributed by atoms with Crippen molar-refractivity contribution in [2.45, 2.75) is 76.7 Å². The van der Waals surface area contributed by atoms with Crippen LogP contribution in [0.5, 0.6) is 0 Å². The molecule has 1 heterocycles. The standard InChI is InChI=1S/C23H36N2O2/c26-21(14-25-11-9-16(10-12-25)15-5-6-15)24-22-19-4-2-1-3-18(19)13-20(22)23(27)17-7-8-17/h15-20,22H,1-14H2,(H,24,26). The van der Waals surface area contributed by atoms with Crippen LogP contribution in [0.2, 0.25) is 0 Å². The Morgan fingerprint density at radius 2 is 1.52 bits per heavy atom. The highest BCUT2D eigenvalue weighted by Gasteiger charge is 2.50. The van der Waals surface area contributed by atoms with Crippen LogP contribution in [0.3, 0.4) is 0 Å². The van der Waals surface area contributed by atoms with Gasteiger partial charge in [0.2, 0.25) is 5.91 Å². The molecule has 4 saturated carbocycles. The number of Topliss-reactive ketones (excluding diaryl/α,β-unsaturated/α-hetero) is 1. The van der Waals surface area contributed by atoms with Crippen LogP contribution in [0.1, 0.15) is 70.6 Å². The van der Waals surface area contributed by atoms with Crippen molar-refractivity contribution in [3.8, 4) is 0 Å². The Hall–Kier alpha value is -0.900. The maximum Gasteiger partial charge on any atom is 0.234 e. The molecule has 0 bridgehead atoms. The van der Waals surface area contributed by atoms with Crippen LogP contribution in [-0.4, -0.2) is 42.3 Å². The lowest BCUT2D eigenvalue weighted by atomic mass is 9.80. The molecule has 5 rings (SSSR count). The number of likely N-dealkylation sites (tertiary alicyclic amines) is 1. The fourth-order valence-corrected chi connectivity index (χ4v) is 6.53. The molecule has 27 heavy (non-hydrogen) atoms. The normalized spacial score (nSPS) is 37.8. The first-order valence-corrected chi connectivity index (χ1v) is 11.7. The Bertz CT molecular complexity index is 575. The molecule has 5 fully saturated rings. The Morgan fingerprint density at radius 3 is 2.22 bits per heavy atom. The number of ketones is 1. The largest absolute Gasteiger partial charge is 0.351 e. The number of hydrogen-bond donors (Lipinski definition) is 1. The third-order valence-electron chi connectivity index (χ3n) is 8.38. The lowest BCUT2D eigenvalue weighted by Gasteiger charge is -2.33. The summed E-state index contributed by atoms with van der Waals surface area (Å²) < 4.78 is 0. The van der Waals surface area contributed by atoms with Crippen molar-refractivity contribution in [2.24, 2.45) is 35.5 Å². The summed E-state index contributed by atoms with van der Waals surface area (Å²) in [4.78, 5) is 28.1. The summed E-state index contributed by atoms with van der Waals surface area (Å²) in [6.07, 6.45) is 13.7. The summed E-state index contributed by atoms with van der Waals surface area (Å²) in [6.45, 7) is 2.70. The quantitative estimate of drug-likeness (QED) is 0.777. The van der Waals surface area contributed by atoms with Gasteiger partial charge in [-0.15, -0.1) is 0 Å². The molecule has 4 unspecified atom stereocenters. The Balaban J connectivity index is 1.18. The predicted molar refractivity (Wildman–Crippen MR) is 105 cm³/mol. The number of hydrogen-bond acceptors (Lipinski definition) is 3. The van der Waals surface area contributed by atoms with Crippen LogP contribution >= 0.6 is 0 Å². The van der Waals surface area contributed by atoms with Crippen molar-refractivity contribution in [3.63, 3.8) is 0 Å². The number of carbonyl (C=O) groups is 2. The summed E-state index contributed by atoms with van der Waals surface area (Å²) in [5.41, 5.74) is 0. The van der Waals surface area contributed by atoms with Crippen molar-refractivity contribution >= 4 is 11.7 Å². The van der Waals surface area contributed by atoms with E-state index >= 15 is 0 Å². The number of rotatable bonds is 6. The lowest BCUT2D eigenvalue weighted by Crippen LogP contribution is -2.49. The van der Waals surface area contributed by atoms with Gasteiger partial charge in [0, 0.05) is 17.9 Å². The highest BCUT2D eigenvalue weighted by Crippen LogP contribution is 2.48. The second-order valence-electron chi connectivity index (χ2n) is 10.3. The van der Waals surface area contributed by atoms with E-state index in [1.165, 1.54) is 51.4 Å². The lowest BCUT2D eigenvalue weighted by molar-refractivity contribution is -0.127. The predicted octanol–water partition coefficient (Wildman–Crippen LogP) is 3.40. The van der Waals surface area contributed by atoms with Crippen molar-refractivity contribution in [3.05, 3.63) is 0 Å². The zero-order valence-corrected chi connectivity index (χ0v) is 16.7. The van der Waals surface area contributed by atoms with E-state index in [0.717, 1.165) is 44.2 Å². The topological polar surface area (TPSA) is 49.4 Å². The van der Waals surface area contributed by atoms with Gasteiger partial charge in [-0.1, -0.05) is 19.3 Å². The van der Waals surface area contributed by atoms with Crippen molar-refractivity contribution in [2.75, 3.05) is 19.6 Å². The van der Waals surface area contributed by atoms with E-state index in [0.29, 0.717) is 30.1 Å². The first-order valence-electron chi connectivity index (χ1n) is 11.7. The Labute approximate surface area is 163 Å². The average molecular weight is 373 g/mol. The first kappa shape index (κ1) is 18.1. The van der Waals surface area contributed by atoms with Crippen molar-refractivity contribution in [1.29, 1.82) is 0 Å². The van der Waals surface area contributed by atoms with Gasteiger partial charge in [0.15, 0.2) is 0 Å². The molecule has 4 aliphatic carbocycles. The monoisotopic (exact) mass is 372 g/mol. The fraction of sp³-hybridized carbons (Fsp3) is 0.913. The van der Waals surface area contributed by atoms with Crippen LogP contribution in [0, 0.1) is 35.5 Å². The van der Waals surface area contributed by atoms with Crippen LogP contribution < -0.4 is 5.32 Å². The maximum absolute atomic E-state index is 12.9. The molecule has 0 aromatic rings. The van der Waals surface area contributed by atoms with Gasteiger partial charge < -0.3 is 5.32 Å². The minimum Gasteiger partial charge on any atom is -0.351 e. The van der Waals surface area contributed by atoms with Gasteiger partial charge >= 0.3 is 0 Å². The van der Waals surface area contributed by atoms with E-state index in [4.69, 9.17) is 0 Å². The molecule has 5 aliphatic rings. The molecule has 4 heteroatoms. The average Bonchev–Trinajstić information content (AvgIpc) is 3.59. The third-order valence-corrected chi connectivity index (χ3v) is 8.38. The summed E-state index contributed by atoms with van der Waals surface area (Å²) >= 11 is 0. The van der Waals surface area contributed by atoms with Gasteiger partial charge in [0.25, 0.3) is 0 Å². The van der Waals surface area contributed by atoms with E-state index in [1.54, 1.807) is 0 Å². The summed E-state index contributed by atoms with van der Waals surface area (Å²) in [5.74, 6) is 4.21. The summed E-state index contributed by atoms with van der Waals surface area (Å²) in [5, 5.41) is 3.38. The van der Waals surface area contributed by atoms with E-state index in [-0.39, 0.29) is 17.9 Å². The minimum atomic E-state index is 0.107. The van der Waals surface area contributed by atoms with Crippen molar-refractivity contribution in [1.82, 2.24) is 10.2 Å². The molecule has 150 valence electrons. The number of amides is 1. The molecule has 0 spiro atoms. The summed E-state index contributed by atoms with van der Waals surface area (Å²) in [6, 6.07) is 0.125. The van der Waals surface area contributed by atoms with Gasteiger partial charge in [-0.25, -0.2) is 0 Å². The molecule has 4 atom stereocenters. The van der Waals surface area contributed by atoms with Crippen molar-refractivity contribution < 1.29 is 9.59 Å². The maximum atomic E-state index is 12.9. The molecule has 0 aromatic heterocycles. The Kier molecular flexibility index (Phi) is 5.04. The molecule has 1 aliphatic heterocycles. The number of nitrogens with zero attached hydrogens (tertiary/aromatic N) is 1. The van der Waals surface area contributed by atoms with Crippen LogP contribution in [0.25, 0.3) is 0 Å². The van der Waals surface area contributed by atoms with E-state index in [2.05, 4.69) is 10.2 Å². The minimum absolute atomic E-state index is 0.107. The van der Waals surface area contributed by atoms with Crippen LogP contribution in [0.15, 0.2) is 0 Å². The number of piperidine rings is 1. The van der Waals surface area contributed by atoms with Crippen LogP contribution in [-0.2, 0) is 9.59 Å². The van der Waals surface area contributed by atoms with Gasteiger partial charge in [0.1, 0.15) is 5.78 Å². The third kappa shape index (κ3) is 3.97. The second-order valence-corrected chi connectivity index (χ2v) is 10.3. The molecule has 1 saturated heterocycles. The highest BCUT2D eigenvalue weighted by atomic mass is 16.2. The molecule has 1 N–H and O–H groups in total.